The van der Waals surface area contributed by atoms with E-state index in [9.17, 15) is 24.1 Å². The predicted octanol–water partition coefficient (Wildman–Crippen LogP) is 1.79. The number of esters is 2. The summed E-state index contributed by atoms with van der Waals surface area (Å²) in [5.74, 6) is -2.09. The molecule has 0 bridgehead atoms. The summed E-state index contributed by atoms with van der Waals surface area (Å²) >= 11 is 0. The van der Waals surface area contributed by atoms with Gasteiger partial charge < -0.3 is 14.6 Å². The number of aliphatic hydroxyl groups is 1. The molecule has 1 aliphatic rings. The summed E-state index contributed by atoms with van der Waals surface area (Å²) in [6, 6.07) is 0. The Bertz CT molecular complexity index is 630. The van der Waals surface area contributed by atoms with Crippen molar-refractivity contribution in [2.24, 2.45) is 10.8 Å². The van der Waals surface area contributed by atoms with Gasteiger partial charge in [0.15, 0.2) is 6.23 Å². The van der Waals surface area contributed by atoms with Crippen LogP contribution in [0.5, 0.6) is 0 Å². The Morgan fingerprint density at radius 2 is 1.45 bits per heavy atom. The van der Waals surface area contributed by atoms with Crippen molar-refractivity contribution >= 4 is 25.4 Å². The first-order valence-corrected chi connectivity index (χ1v) is 10.5. The van der Waals surface area contributed by atoms with E-state index in [1.54, 1.807) is 41.5 Å². The molecule has 0 aromatic carbocycles. The molecule has 12 heteroatoms. The smallest absolute Gasteiger partial charge is 0.349 e. The topological polar surface area (TPSA) is 138 Å². The van der Waals surface area contributed by atoms with Gasteiger partial charge in [-0.3, -0.25) is 32.8 Å². The van der Waals surface area contributed by atoms with Crippen molar-refractivity contribution in [3.05, 3.63) is 0 Å². The lowest BCUT2D eigenvalue weighted by atomic mass is 9.98. The van der Waals surface area contributed by atoms with Crippen LogP contribution in [-0.4, -0.2) is 60.6 Å². The van der Waals surface area contributed by atoms with Crippen LogP contribution in [0, 0.1) is 10.8 Å². The zero-order valence-electron chi connectivity index (χ0n) is 17.8. The number of carbonyl (C=O) groups is 3. The fourth-order valence-electron chi connectivity index (χ4n) is 2.12. The Morgan fingerprint density at radius 1 is 1.03 bits per heavy atom. The molecule has 1 aliphatic heterocycles. The molecule has 1 saturated heterocycles. The third kappa shape index (κ3) is 6.75. The van der Waals surface area contributed by atoms with Crippen molar-refractivity contribution in [3.63, 3.8) is 0 Å². The molecule has 29 heavy (non-hydrogen) atoms. The van der Waals surface area contributed by atoms with Crippen molar-refractivity contribution in [1.29, 1.82) is 0 Å². The average Bonchev–Trinajstić information content (AvgIpc) is 2.87. The molecule has 2 atom stereocenters. The molecule has 1 amide bonds. The largest absolute Gasteiger partial charge is 0.438 e. The second-order valence-corrected chi connectivity index (χ2v) is 10.7. The first-order valence-electron chi connectivity index (χ1n) is 8.92. The number of ether oxygens (including phenoxy) is 2. The lowest BCUT2D eigenvalue weighted by molar-refractivity contribution is -0.205. The van der Waals surface area contributed by atoms with E-state index < -0.39 is 61.7 Å². The fourth-order valence-corrected chi connectivity index (χ4v) is 3.79. The van der Waals surface area contributed by atoms with Crippen LogP contribution in [0.15, 0.2) is 0 Å². The molecule has 0 aromatic heterocycles. The highest BCUT2D eigenvalue weighted by molar-refractivity contribution is 7.55. The van der Waals surface area contributed by atoms with Gasteiger partial charge in [-0.1, -0.05) is 0 Å². The Balaban J connectivity index is 2.90. The summed E-state index contributed by atoms with van der Waals surface area (Å²) in [5.41, 5.74) is -3.09. The summed E-state index contributed by atoms with van der Waals surface area (Å²) in [5, 5.41) is 10.5. The maximum Gasteiger partial charge on any atom is 0.349 e. The highest BCUT2D eigenvalue weighted by Crippen LogP contribution is 2.57. The second-order valence-electron chi connectivity index (χ2n) is 8.48. The normalized spacial score (nSPS) is 20.7. The molecule has 1 fully saturated rings. The summed E-state index contributed by atoms with van der Waals surface area (Å²) in [6.45, 7) is 8.18. The zero-order chi connectivity index (χ0) is 22.6. The van der Waals surface area contributed by atoms with Crippen LogP contribution in [0.25, 0.3) is 0 Å². The summed E-state index contributed by atoms with van der Waals surface area (Å²) in [7, 11) is -3.15. The minimum atomic E-state index is -4.31. The maximum absolute atomic E-state index is 13.3. The molecule has 0 radical (unpaired) electrons. The summed E-state index contributed by atoms with van der Waals surface area (Å²) in [4.78, 5) is 40.9. The molecule has 0 aromatic rings. The summed E-state index contributed by atoms with van der Waals surface area (Å²) < 4.78 is 33.4. The van der Waals surface area contributed by atoms with E-state index in [1.165, 1.54) is 0 Å². The van der Waals surface area contributed by atoms with E-state index >= 15 is 0 Å². The number of amides is 1. The van der Waals surface area contributed by atoms with Gasteiger partial charge in [-0.25, -0.2) is 0 Å². The molecule has 1 N–H and O–H groups in total. The highest BCUT2D eigenvalue weighted by Gasteiger charge is 2.52. The lowest BCUT2D eigenvalue weighted by Gasteiger charge is -2.24. The first kappa shape index (κ1) is 25.5. The van der Waals surface area contributed by atoms with Gasteiger partial charge in [-0.05, 0) is 41.5 Å². The Labute approximate surface area is 170 Å². The number of nitrogens with zero attached hydrogens (tertiary/aromatic N) is 1. The highest BCUT2D eigenvalue weighted by atomic mass is 31.2. The Kier molecular flexibility index (Phi) is 8.38. The number of hydrogen-bond acceptors (Lipinski definition) is 10. The van der Waals surface area contributed by atoms with Gasteiger partial charge in [0.2, 0.25) is 13.6 Å². The van der Waals surface area contributed by atoms with Crippen LogP contribution in [0.2, 0.25) is 0 Å². The van der Waals surface area contributed by atoms with Gasteiger partial charge in [-0.15, -0.1) is 0 Å². The number of aliphatic hydroxyl groups excluding tert-OH is 1. The van der Waals surface area contributed by atoms with Gasteiger partial charge in [0, 0.05) is 6.42 Å². The van der Waals surface area contributed by atoms with Crippen LogP contribution < -0.4 is 0 Å². The van der Waals surface area contributed by atoms with Crippen LogP contribution in [0.3, 0.4) is 0 Å². The van der Waals surface area contributed by atoms with Gasteiger partial charge >= 0.3 is 19.5 Å². The second kappa shape index (κ2) is 9.53. The maximum atomic E-state index is 13.3. The van der Waals surface area contributed by atoms with E-state index in [-0.39, 0.29) is 6.42 Å². The number of rotatable bonds is 8. The summed E-state index contributed by atoms with van der Waals surface area (Å²) in [6.07, 6.45) is -1.68. The standard InChI is InChI=1S/C17H30NO10P/c1-16(2,3)14(21)25-9-27-29(23,28-10-26-15(22)17(4,5)6)11-8-12(19)18(24-7)13(11)20/h11-12,19H,8-10H2,1-7H3. The average molecular weight is 439 g/mol. The van der Waals surface area contributed by atoms with Crippen LogP contribution >= 0.6 is 7.60 Å². The third-order valence-electron chi connectivity index (χ3n) is 3.86. The Morgan fingerprint density at radius 3 is 1.76 bits per heavy atom. The van der Waals surface area contributed by atoms with Crippen LogP contribution in [0.1, 0.15) is 48.0 Å². The molecule has 2 unspecified atom stereocenters. The van der Waals surface area contributed by atoms with Crippen molar-refractivity contribution in [3.8, 4) is 0 Å². The molecule has 0 spiro atoms. The molecule has 168 valence electrons. The molecule has 0 saturated carbocycles. The first-order chi connectivity index (χ1) is 13.1. The lowest BCUT2D eigenvalue weighted by Crippen LogP contribution is -2.34. The number of hydrogen-bond donors (Lipinski definition) is 1. The molecule has 1 heterocycles. The van der Waals surface area contributed by atoms with Crippen LogP contribution in [0.4, 0.5) is 0 Å². The molecule has 11 nitrogen and oxygen atoms in total. The van der Waals surface area contributed by atoms with E-state index in [2.05, 4.69) is 0 Å². The van der Waals surface area contributed by atoms with Gasteiger partial charge in [0.1, 0.15) is 5.66 Å². The molecule has 0 aliphatic carbocycles. The van der Waals surface area contributed by atoms with E-state index in [4.69, 9.17) is 23.4 Å². The molecular formula is C17H30NO10P. The van der Waals surface area contributed by atoms with E-state index in [1.807, 2.05) is 0 Å². The quantitative estimate of drug-likeness (QED) is 0.338. The van der Waals surface area contributed by atoms with Crippen molar-refractivity contribution in [1.82, 2.24) is 5.06 Å². The van der Waals surface area contributed by atoms with E-state index in [0.29, 0.717) is 5.06 Å². The zero-order valence-corrected chi connectivity index (χ0v) is 18.7. The van der Waals surface area contributed by atoms with Crippen molar-refractivity contribution in [2.45, 2.75) is 59.9 Å². The van der Waals surface area contributed by atoms with Crippen LogP contribution in [-0.2, 0) is 42.3 Å². The van der Waals surface area contributed by atoms with Gasteiger partial charge in [0.05, 0.1) is 17.9 Å². The molecular weight excluding hydrogens is 409 g/mol. The minimum Gasteiger partial charge on any atom is -0.438 e. The van der Waals surface area contributed by atoms with Crippen molar-refractivity contribution < 1.29 is 47.4 Å². The van der Waals surface area contributed by atoms with Crippen molar-refractivity contribution in [2.75, 3.05) is 20.7 Å². The van der Waals surface area contributed by atoms with Gasteiger partial charge in [0.25, 0.3) is 5.91 Å². The fraction of sp³-hybridized carbons (Fsp3) is 0.824. The van der Waals surface area contributed by atoms with Gasteiger partial charge in [-0.2, -0.15) is 5.06 Å². The number of carbonyl (C=O) groups excluding carboxylic acids is 3. The predicted molar refractivity (Wildman–Crippen MR) is 98.9 cm³/mol. The number of hydroxylamine groups is 2. The Hall–Kier alpha value is -1.52. The minimum absolute atomic E-state index is 0.315. The monoisotopic (exact) mass is 439 g/mol. The molecule has 1 rings (SSSR count). The SMILES string of the molecule is CON1C(=O)C(P(=O)(OCOC(=O)C(C)(C)C)OCOC(=O)C(C)(C)C)CC1O. The van der Waals surface area contributed by atoms with E-state index in [0.717, 1.165) is 7.11 Å². The third-order valence-corrected chi connectivity index (χ3v) is 5.98.